The third-order valence-corrected chi connectivity index (χ3v) is 9.31. The Hall–Kier alpha value is -2.01. The van der Waals surface area contributed by atoms with Gasteiger partial charge in [0.25, 0.3) is 0 Å². The van der Waals surface area contributed by atoms with Crippen molar-refractivity contribution in [1.29, 1.82) is 0 Å². The first-order valence-corrected chi connectivity index (χ1v) is 11.8. The van der Waals surface area contributed by atoms with Gasteiger partial charge in [-0.15, -0.1) is 6.42 Å². The molecule has 0 radical (unpaired) electrons. The molecule has 5 aliphatic rings. The van der Waals surface area contributed by atoms with Crippen molar-refractivity contribution in [2.45, 2.75) is 64.7 Å². The second-order valence-electron chi connectivity index (χ2n) is 11.5. The van der Waals surface area contributed by atoms with Crippen molar-refractivity contribution in [3.05, 3.63) is 47.5 Å². The zero-order chi connectivity index (χ0) is 21.1. The normalized spacial score (nSPS) is 38.9. The van der Waals surface area contributed by atoms with Crippen molar-refractivity contribution in [2.24, 2.45) is 28.6 Å². The molecule has 1 aromatic carbocycles. The van der Waals surface area contributed by atoms with Gasteiger partial charge in [0.1, 0.15) is 0 Å². The topological polar surface area (TPSA) is 20.3 Å². The van der Waals surface area contributed by atoms with E-state index in [1.165, 1.54) is 11.1 Å². The number of rotatable bonds is 2. The van der Waals surface area contributed by atoms with Crippen LogP contribution in [0.25, 0.3) is 0 Å². The minimum Gasteiger partial charge on any atom is -0.342 e. The maximum absolute atomic E-state index is 14.2. The summed E-state index contributed by atoms with van der Waals surface area (Å²) in [5, 5.41) is 0. The zero-order valence-electron chi connectivity index (χ0n) is 18.8. The number of hydrogen-bond acceptors (Lipinski definition) is 1. The molecule has 1 aliphatic heterocycles. The van der Waals surface area contributed by atoms with Crippen LogP contribution in [-0.4, -0.2) is 23.9 Å². The molecule has 1 heterocycles. The number of carbonyl (C=O) groups excluding carboxylic acids is 1. The average molecular weight is 402 g/mol. The summed E-state index contributed by atoms with van der Waals surface area (Å²) < 4.78 is 0. The fourth-order valence-electron chi connectivity index (χ4n) is 7.63. The Morgan fingerprint density at radius 1 is 1.13 bits per heavy atom. The van der Waals surface area contributed by atoms with E-state index in [0.29, 0.717) is 23.7 Å². The molecule has 1 amide bonds. The molecule has 30 heavy (non-hydrogen) atoms. The van der Waals surface area contributed by atoms with Gasteiger partial charge >= 0.3 is 0 Å². The second-order valence-corrected chi connectivity index (χ2v) is 11.5. The number of likely N-dealkylation sites (tertiary alicyclic amines) is 1. The van der Waals surface area contributed by atoms with Gasteiger partial charge in [0.2, 0.25) is 5.91 Å². The van der Waals surface area contributed by atoms with Crippen LogP contribution in [0.5, 0.6) is 0 Å². The molecule has 1 aromatic rings. The predicted molar refractivity (Wildman–Crippen MR) is 122 cm³/mol. The van der Waals surface area contributed by atoms with E-state index in [9.17, 15) is 4.79 Å². The highest BCUT2D eigenvalue weighted by atomic mass is 16.2. The fraction of sp³-hybridized carbons (Fsp3) is 0.607. The molecule has 0 aromatic heterocycles. The van der Waals surface area contributed by atoms with E-state index in [0.717, 1.165) is 51.6 Å². The molecule has 3 atom stereocenters. The number of nitrogens with zero attached hydrogens (tertiary/aromatic N) is 1. The minimum absolute atomic E-state index is 0.132. The highest BCUT2D eigenvalue weighted by Gasteiger charge is 2.63. The maximum atomic E-state index is 14.2. The first kappa shape index (κ1) is 19.9. The molecule has 2 unspecified atom stereocenters. The van der Waals surface area contributed by atoms with Gasteiger partial charge in [0.15, 0.2) is 0 Å². The molecule has 2 heteroatoms. The van der Waals surface area contributed by atoms with E-state index in [4.69, 9.17) is 6.42 Å². The number of carbonyl (C=O) groups is 1. The van der Waals surface area contributed by atoms with Gasteiger partial charge < -0.3 is 4.90 Å². The lowest BCUT2D eigenvalue weighted by molar-refractivity contribution is -0.159. The van der Waals surface area contributed by atoms with Gasteiger partial charge in [-0.05, 0) is 78.7 Å². The number of hydrogen-bond donors (Lipinski definition) is 0. The number of benzene rings is 1. The Balaban J connectivity index is 1.52. The lowest BCUT2D eigenvalue weighted by atomic mass is 9.41. The van der Waals surface area contributed by atoms with E-state index in [-0.39, 0.29) is 16.2 Å². The van der Waals surface area contributed by atoms with Crippen LogP contribution < -0.4 is 0 Å². The second kappa shape index (κ2) is 6.74. The van der Waals surface area contributed by atoms with E-state index in [1.807, 2.05) is 6.08 Å². The molecule has 2 nitrogen and oxygen atoms in total. The average Bonchev–Trinajstić information content (AvgIpc) is 2.72. The van der Waals surface area contributed by atoms with E-state index in [2.05, 4.69) is 61.9 Å². The summed E-state index contributed by atoms with van der Waals surface area (Å²) in [6, 6.07) is 11.0. The van der Waals surface area contributed by atoms with Crippen LogP contribution in [0.2, 0.25) is 0 Å². The molecule has 5 fully saturated rings. The summed E-state index contributed by atoms with van der Waals surface area (Å²) in [6.07, 6.45) is 14.2. The first-order chi connectivity index (χ1) is 14.3. The van der Waals surface area contributed by atoms with Gasteiger partial charge in [0.05, 0.1) is 5.41 Å². The van der Waals surface area contributed by atoms with Crippen molar-refractivity contribution in [3.8, 4) is 12.3 Å². The smallest absolute Gasteiger partial charge is 0.228 e. The maximum Gasteiger partial charge on any atom is 0.228 e. The van der Waals surface area contributed by atoms with Gasteiger partial charge in [-0.3, -0.25) is 4.79 Å². The Kier molecular flexibility index (Phi) is 4.48. The molecule has 4 bridgehead atoms. The Bertz CT molecular complexity index is 900. The molecule has 0 spiro atoms. The lowest BCUT2D eigenvalue weighted by Crippen LogP contribution is -2.62. The molecule has 158 valence electrons. The molecule has 4 aliphatic carbocycles. The standard InChI is InChI=1S/C28H35NO/c1-5-9-24-21-14-27(23-10-7-6-8-11-23)15-22(24)17-28(16-21,18-27)25(30)29-13-12-20(2)26(3,4)19-29/h1,6-11,20-22H,12-19H2,2-4H3/t20-,21?,22?,27?,28?/m0/s1. The van der Waals surface area contributed by atoms with Crippen LogP contribution >= 0.6 is 0 Å². The summed E-state index contributed by atoms with van der Waals surface area (Å²) in [4.78, 5) is 16.4. The van der Waals surface area contributed by atoms with Crippen LogP contribution in [0.1, 0.15) is 64.9 Å². The van der Waals surface area contributed by atoms with Crippen molar-refractivity contribution in [2.75, 3.05) is 13.1 Å². The van der Waals surface area contributed by atoms with E-state index in [1.54, 1.807) is 0 Å². The third kappa shape index (κ3) is 2.89. The summed E-state index contributed by atoms with van der Waals surface area (Å²) >= 11 is 0. The van der Waals surface area contributed by atoms with Crippen molar-refractivity contribution in [1.82, 2.24) is 4.90 Å². The van der Waals surface area contributed by atoms with E-state index >= 15 is 0 Å². The molecular formula is C28H35NO. The molecule has 1 saturated heterocycles. The molecule has 0 N–H and O–H groups in total. The zero-order valence-corrected chi connectivity index (χ0v) is 18.8. The van der Waals surface area contributed by atoms with Crippen molar-refractivity contribution < 1.29 is 4.79 Å². The minimum atomic E-state index is -0.204. The highest BCUT2D eigenvalue weighted by molar-refractivity contribution is 5.84. The SMILES string of the molecule is C#CC=C1C2CC3(C(=O)N4CC[C@H](C)C(C)(C)C4)CC1CC(c1ccccc1)(C2)C3. The van der Waals surface area contributed by atoms with Crippen LogP contribution in [0.4, 0.5) is 0 Å². The van der Waals surface area contributed by atoms with Gasteiger partial charge in [-0.2, -0.15) is 0 Å². The van der Waals surface area contributed by atoms with Gasteiger partial charge in [-0.25, -0.2) is 0 Å². The predicted octanol–water partition coefficient (Wildman–Crippen LogP) is 5.59. The van der Waals surface area contributed by atoms with Crippen LogP contribution in [0.3, 0.4) is 0 Å². The first-order valence-electron chi connectivity index (χ1n) is 11.8. The van der Waals surface area contributed by atoms with Crippen LogP contribution in [0.15, 0.2) is 42.0 Å². The fourth-order valence-corrected chi connectivity index (χ4v) is 7.63. The quantitative estimate of drug-likeness (QED) is 0.592. The largest absolute Gasteiger partial charge is 0.342 e. The Labute approximate surface area is 182 Å². The Morgan fingerprint density at radius 3 is 2.40 bits per heavy atom. The van der Waals surface area contributed by atoms with E-state index < -0.39 is 0 Å². The van der Waals surface area contributed by atoms with Crippen molar-refractivity contribution in [3.63, 3.8) is 0 Å². The molecular weight excluding hydrogens is 366 g/mol. The van der Waals surface area contributed by atoms with Gasteiger partial charge in [0, 0.05) is 13.1 Å². The van der Waals surface area contributed by atoms with Crippen LogP contribution in [-0.2, 0) is 10.2 Å². The Morgan fingerprint density at radius 2 is 1.80 bits per heavy atom. The number of piperidine rings is 1. The highest BCUT2D eigenvalue weighted by Crippen LogP contribution is 2.67. The van der Waals surface area contributed by atoms with Gasteiger partial charge in [-0.1, -0.05) is 62.6 Å². The summed E-state index contributed by atoms with van der Waals surface area (Å²) in [6.45, 7) is 8.82. The molecule has 6 rings (SSSR count). The van der Waals surface area contributed by atoms with Crippen LogP contribution in [0, 0.1) is 40.9 Å². The van der Waals surface area contributed by atoms with Crippen molar-refractivity contribution >= 4 is 5.91 Å². The number of amides is 1. The lowest BCUT2D eigenvalue weighted by Gasteiger charge is -2.63. The summed E-state index contributed by atoms with van der Waals surface area (Å²) in [5.41, 5.74) is 3.02. The third-order valence-electron chi connectivity index (χ3n) is 9.31. The summed E-state index contributed by atoms with van der Waals surface area (Å²) in [5.74, 6) is 4.84. The monoisotopic (exact) mass is 401 g/mol. The number of allylic oxidation sites excluding steroid dienone is 2. The molecule has 4 saturated carbocycles. The number of terminal acetylenes is 1. The summed E-state index contributed by atoms with van der Waals surface area (Å²) in [7, 11) is 0.